The smallest absolute Gasteiger partial charge is 0.297 e. The maximum Gasteiger partial charge on any atom is 0.523 e. The van der Waals surface area contributed by atoms with Gasteiger partial charge in [-0.1, -0.05) is 25.5 Å². The molecular formula is C22H27F3O5S. The molecule has 0 N–H and O–H groups in total. The van der Waals surface area contributed by atoms with Crippen LogP contribution < -0.4 is 0 Å². The Morgan fingerprint density at radius 2 is 1.87 bits per heavy atom. The molecule has 0 spiro atoms. The van der Waals surface area contributed by atoms with Crippen LogP contribution >= 0.6 is 0 Å². The Bertz CT molecular complexity index is 966. The Hall–Kier alpha value is -1.48. The molecular weight excluding hydrogens is 433 g/mol. The molecule has 4 rings (SSSR count). The first-order valence-corrected chi connectivity index (χ1v) is 12.1. The normalized spacial score (nSPS) is 40.0. The van der Waals surface area contributed by atoms with Crippen molar-refractivity contribution < 1.29 is 35.4 Å². The highest BCUT2D eigenvalue weighted by molar-refractivity contribution is 7.87. The molecule has 3 fully saturated rings. The molecule has 0 aromatic carbocycles. The number of carbonyl (C=O) groups excluding carboxylic acids is 2. The molecule has 4 aliphatic carbocycles. The number of fused-ring (bicyclic) bond motifs is 5. The van der Waals surface area contributed by atoms with Gasteiger partial charge in [-0.05, 0) is 73.8 Å². The van der Waals surface area contributed by atoms with Crippen LogP contribution in [0.1, 0.15) is 52.4 Å². The van der Waals surface area contributed by atoms with E-state index in [0.717, 1.165) is 32.1 Å². The van der Waals surface area contributed by atoms with Gasteiger partial charge in [0.25, 0.3) is 0 Å². The predicted molar refractivity (Wildman–Crippen MR) is 106 cm³/mol. The Morgan fingerprint density at radius 1 is 1.16 bits per heavy atom. The van der Waals surface area contributed by atoms with Gasteiger partial charge in [0.05, 0.1) is 0 Å². The average molecular weight is 461 g/mol. The van der Waals surface area contributed by atoms with Crippen molar-refractivity contribution in [1.82, 2.24) is 0 Å². The van der Waals surface area contributed by atoms with E-state index in [-0.39, 0.29) is 22.5 Å². The minimum atomic E-state index is -5.78. The van der Waals surface area contributed by atoms with Gasteiger partial charge in [0, 0.05) is 11.3 Å². The number of alkyl halides is 3. The van der Waals surface area contributed by atoms with Crippen molar-refractivity contribution in [3.63, 3.8) is 0 Å². The first kappa shape index (κ1) is 22.7. The number of rotatable bonds is 4. The third-order valence-corrected chi connectivity index (χ3v) is 9.58. The van der Waals surface area contributed by atoms with Gasteiger partial charge in [-0.3, -0.25) is 13.8 Å². The molecule has 5 nitrogen and oxygen atoms in total. The number of carbonyl (C=O) groups is 2. The fourth-order valence-electron chi connectivity index (χ4n) is 7.03. The summed E-state index contributed by atoms with van der Waals surface area (Å²) in [6.07, 6.45) is 10.1. The minimum absolute atomic E-state index is 0.0203. The summed E-state index contributed by atoms with van der Waals surface area (Å²) in [6, 6.07) is 0. The third kappa shape index (κ3) is 3.52. The summed E-state index contributed by atoms with van der Waals surface area (Å²) < 4.78 is 64.0. The molecule has 172 valence electrons. The molecule has 0 aromatic rings. The zero-order chi connectivity index (χ0) is 22.8. The van der Waals surface area contributed by atoms with Crippen LogP contribution in [0, 0.1) is 34.5 Å². The molecule has 0 amide bonds. The standard InChI is InChI=1S/C22H27F3O5S/c1-20-9-7-14(26)11-13(20)3-4-15-16-5-6-18(21(16,2)10-8-17(15)20)19(27)12-30-31(28,29)22(23,24)25/h7,9,11,15-18H,3-6,8,10,12H2,1-2H3/t15-,16-,17-,18+,20-,21-/m0/s1. The molecule has 6 atom stereocenters. The lowest BCUT2D eigenvalue weighted by atomic mass is 9.47. The van der Waals surface area contributed by atoms with Crippen molar-refractivity contribution in [2.24, 2.45) is 34.5 Å². The van der Waals surface area contributed by atoms with Crippen molar-refractivity contribution in [3.8, 4) is 0 Å². The van der Waals surface area contributed by atoms with Gasteiger partial charge in [0.1, 0.15) is 6.61 Å². The maximum atomic E-state index is 12.8. The number of hydrogen-bond donors (Lipinski definition) is 0. The summed E-state index contributed by atoms with van der Waals surface area (Å²) in [6.45, 7) is 3.13. The monoisotopic (exact) mass is 460 g/mol. The highest BCUT2D eigenvalue weighted by Gasteiger charge is 2.60. The fraction of sp³-hybridized carbons (Fsp3) is 0.727. The Kier molecular flexibility index (Phi) is 5.32. The van der Waals surface area contributed by atoms with E-state index in [9.17, 15) is 31.2 Å². The Labute approximate surface area is 180 Å². The zero-order valence-corrected chi connectivity index (χ0v) is 18.4. The number of ketones is 2. The molecule has 9 heteroatoms. The summed E-state index contributed by atoms with van der Waals surface area (Å²) in [5.74, 6) is -0.102. The molecule has 3 saturated carbocycles. The summed E-state index contributed by atoms with van der Waals surface area (Å²) >= 11 is 0. The van der Waals surface area contributed by atoms with Gasteiger partial charge in [0.2, 0.25) is 0 Å². The van der Waals surface area contributed by atoms with E-state index in [2.05, 4.69) is 11.1 Å². The van der Waals surface area contributed by atoms with E-state index >= 15 is 0 Å². The van der Waals surface area contributed by atoms with E-state index in [1.165, 1.54) is 5.57 Å². The third-order valence-electron chi connectivity index (χ3n) is 8.59. The van der Waals surface area contributed by atoms with Gasteiger partial charge < -0.3 is 0 Å². The molecule has 0 aliphatic heterocycles. The number of hydrogen-bond acceptors (Lipinski definition) is 5. The molecule has 0 bridgehead atoms. The van der Waals surface area contributed by atoms with Gasteiger partial charge in [-0.25, -0.2) is 0 Å². The van der Waals surface area contributed by atoms with Crippen LogP contribution in [0.3, 0.4) is 0 Å². The first-order chi connectivity index (χ1) is 14.3. The summed E-state index contributed by atoms with van der Waals surface area (Å²) in [7, 11) is -5.78. The van der Waals surface area contributed by atoms with Crippen molar-refractivity contribution in [2.45, 2.75) is 57.9 Å². The second-order valence-electron chi connectivity index (χ2n) is 9.91. The molecule has 4 aliphatic rings. The van der Waals surface area contributed by atoms with Gasteiger partial charge in [0.15, 0.2) is 11.6 Å². The summed E-state index contributed by atoms with van der Waals surface area (Å²) in [5.41, 5.74) is -4.92. The molecule has 0 saturated heterocycles. The van der Waals surface area contributed by atoms with Crippen LogP contribution in [-0.2, 0) is 23.9 Å². The van der Waals surface area contributed by atoms with Crippen LogP contribution in [0.15, 0.2) is 23.8 Å². The summed E-state index contributed by atoms with van der Waals surface area (Å²) in [4.78, 5) is 24.6. The fourth-order valence-corrected chi connectivity index (χ4v) is 7.43. The largest absolute Gasteiger partial charge is 0.523 e. The van der Waals surface area contributed by atoms with Crippen LogP contribution in [0.2, 0.25) is 0 Å². The first-order valence-electron chi connectivity index (χ1n) is 10.7. The van der Waals surface area contributed by atoms with Crippen molar-refractivity contribution in [2.75, 3.05) is 6.61 Å². The second kappa shape index (κ2) is 7.27. The number of allylic oxidation sites excluding steroid dienone is 4. The molecule has 31 heavy (non-hydrogen) atoms. The van der Waals surface area contributed by atoms with Crippen LogP contribution in [0.4, 0.5) is 13.2 Å². The molecule has 0 heterocycles. The zero-order valence-electron chi connectivity index (χ0n) is 17.6. The highest BCUT2D eigenvalue weighted by Crippen LogP contribution is 2.66. The van der Waals surface area contributed by atoms with Crippen LogP contribution in [0.5, 0.6) is 0 Å². The predicted octanol–water partition coefficient (Wildman–Crippen LogP) is 4.35. The quantitative estimate of drug-likeness (QED) is 0.461. The van der Waals surface area contributed by atoms with E-state index < -0.39 is 33.9 Å². The highest BCUT2D eigenvalue weighted by atomic mass is 32.2. The van der Waals surface area contributed by atoms with E-state index in [0.29, 0.717) is 18.3 Å². The minimum Gasteiger partial charge on any atom is -0.297 e. The van der Waals surface area contributed by atoms with Gasteiger partial charge in [-0.2, -0.15) is 21.6 Å². The van der Waals surface area contributed by atoms with Crippen molar-refractivity contribution in [3.05, 3.63) is 23.8 Å². The van der Waals surface area contributed by atoms with Crippen molar-refractivity contribution >= 4 is 21.7 Å². The molecule has 0 unspecified atom stereocenters. The second-order valence-corrected chi connectivity index (χ2v) is 11.5. The van der Waals surface area contributed by atoms with E-state index in [1.54, 1.807) is 12.2 Å². The molecule has 0 aromatic heterocycles. The Balaban J connectivity index is 1.51. The lowest BCUT2D eigenvalue weighted by Crippen LogP contribution is -2.50. The number of halogens is 3. The molecule has 0 radical (unpaired) electrons. The summed E-state index contributed by atoms with van der Waals surface area (Å²) in [5, 5.41) is 0. The van der Waals surface area contributed by atoms with E-state index in [4.69, 9.17) is 0 Å². The Morgan fingerprint density at radius 3 is 2.55 bits per heavy atom. The topological polar surface area (TPSA) is 77.5 Å². The number of Topliss-reactive ketones (excluding diaryl/α,β-unsaturated/α-hetero) is 1. The van der Waals surface area contributed by atoms with Gasteiger partial charge in [-0.15, -0.1) is 0 Å². The van der Waals surface area contributed by atoms with Gasteiger partial charge >= 0.3 is 15.6 Å². The average Bonchev–Trinajstić information content (AvgIpc) is 3.03. The van der Waals surface area contributed by atoms with Crippen LogP contribution in [-0.4, -0.2) is 32.1 Å². The van der Waals surface area contributed by atoms with Crippen LogP contribution in [0.25, 0.3) is 0 Å². The van der Waals surface area contributed by atoms with Crippen molar-refractivity contribution in [1.29, 1.82) is 0 Å². The lowest BCUT2D eigenvalue weighted by molar-refractivity contribution is -0.132. The SMILES string of the molecule is C[C@]12CC[C@H]3[C@@H](CCC4=CC(=O)C=C[C@@]43C)[C@@H]1CC[C@@H]2C(=O)COS(=O)(=O)C(F)(F)F. The van der Waals surface area contributed by atoms with E-state index in [1.807, 2.05) is 13.0 Å². The lowest BCUT2D eigenvalue weighted by Gasteiger charge is -2.56. The maximum absolute atomic E-state index is 12.8.